The summed E-state index contributed by atoms with van der Waals surface area (Å²) in [6.45, 7) is -0.308. The van der Waals surface area contributed by atoms with Crippen LogP contribution in [0, 0.1) is 23.5 Å². The van der Waals surface area contributed by atoms with Gasteiger partial charge in [0.05, 0.1) is 28.6 Å². The van der Waals surface area contributed by atoms with Crippen LogP contribution in [0.25, 0.3) is 11.1 Å². The first kappa shape index (κ1) is 26.0. The molecule has 12 heteroatoms. The van der Waals surface area contributed by atoms with E-state index in [0.717, 1.165) is 40.7 Å². The number of carboxylic acid groups (broad SMARTS) is 1. The van der Waals surface area contributed by atoms with Gasteiger partial charge in [-0.15, -0.1) is 0 Å². The highest BCUT2D eigenvalue weighted by atomic mass is 32.2. The molecule has 1 saturated carbocycles. The lowest BCUT2D eigenvalue weighted by Gasteiger charge is -2.43. The molecule has 3 aromatic rings. The summed E-state index contributed by atoms with van der Waals surface area (Å²) in [4.78, 5) is 10.6. The Bertz CT molecular complexity index is 1520. The second kappa shape index (κ2) is 9.26. The number of alkyl halides is 3. The van der Waals surface area contributed by atoms with Crippen LogP contribution in [0.1, 0.15) is 18.4 Å². The predicted molar refractivity (Wildman–Crippen MR) is 126 cm³/mol. The van der Waals surface area contributed by atoms with Crippen LogP contribution in [0.4, 0.5) is 27.6 Å². The van der Waals surface area contributed by atoms with Gasteiger partial charge in [-0.2, -0.15) is 13.2 Å². The smallest absolute Gasteiger partial charge is 0.416 e. The molecule has 1 N–H and O–H groups in total. The molecule has 2 aliphatic rings. The summed E-state index contributed by atoms with van der Waals surface area (Å²) in [6, 6.07) is 10.1. The van der Waals surface area contributed by atoms with Gasteiger partial charge in [0.15, 0.2) is 0 Å². The molecule has 0 aromatic heterocycles. The zero-order chi connectivity index (χ0) is 27.4. The average molecular weight is 554 g/mol. The molecule has 1 unspecified atom stereocenters. The van der Waals surface area contributed by atoms with Crippen LogP contribution in [0.5, 0.6) is 5.75 Å². The number of carbonyl (C=O) groups is 1. The number of benzene rings is 3. The number of ether oxygens (including phenoxy) is 1. The van der Waals surface area contributed by atoms with Crippen LogP contribution in [0.15, 0.2) is 65.6 Å². The molecule has 0 bridgehead atoms. The molecule has 1 aliphatic carbocycles. The van der Waals surface area contributed by atoms with Crippen molar-refractivity contribution in [3.8, 4) is 16.9 Å². The van der Waals surface area contributed by atoms with E-state index >= 15 is 0 Å². The summed E-state index contributed by atoms with van der Waals surface area (Å²) >= 11 is 0. The maximum atomic E-state index is 14.5. The van der Waals surface area contributed by atoms with Crippen molar-refractivity contribution >= 4 is 21.7 Å². The predicted octanol–water partition coefficient (Wildman–Crippen LogP) is 5.72. The van der Waals surface area contributed by atoms with Gasteiger partial charge in [-0.05, 0) is 72.9 Å². The summed E-state index contributed by atoms with van der Waals surface area (Å²) in [5, 5.41) is 9.21. The Labute approximate surface area is 214 Å². The number of fused-ring (bicyclic) bond motifs is 1. The first-order valence-corrected chi connectivity index (χ1v) is 13.0. The Morgan fingerprint density at radius 1 is 1.00 bits per heavy atom. The third kappa shape index (κ3) is 4.68. The monoisotopic (exact) mass is 553 g/mol. The second-order valence-corrected chi connectivity index (χ2v) is 11.2. The van der Waals surface area contributed by atoms with E-state index in [4.69, 9.17) is 4.74 Å². The normalized spacial score (nSPS) is 21.3. The Balaban J connectivity index is 1.59. The molecule has 6 nitrogen and oxygen atoms in total. The topological polar surface area (TPSA) is 83.9 Å². The number of carboxylic acids is 1. The molecule has 1 aliphatic heterocycles. The minimum absolute atomic E-state index is 0.0612. The molecule has 5 rings (SSSR count). The maximum Gasteiger partial charge on any atom is 0.416 e. The first-order chi connectivity index (χ1) is 17.8. The molecule has 1 atom stereocenters. The Kier molecular flexibility index (Phi) is 6.33. The third-order valence-corrected chi connectivity index (χ3v) is 8.67. The number of halogens is 5. The molecule has 0 saturated heterocycles. The molecule has 1 heterocycles. The van der Waals surface area contributed by atoms with Crippen LogP contribution < -0.4 is 9.04 Å². The fraction of sp³-hybridized carbons (Fsp3) is 0.269. The first-order valence-electron chi connectivity index (χ1n) is 11.5. The minimum atomic E-state index is -4.78. The van der Waals surface area contributed by atoms with Crippen molar-refractivity contribution < 1.29 is 45.0 Å². The zero-order valence-electron chi connectivity index (χ0n) is 19.5. The highest BCUT2D eigenvalue weighted by Gasteiger charge is 2.45. The molecular formula is C26H20F5NO5S. The van der Waals surface area contributed by atoms with E-state index in [9.17, 15) is 40.3 Å². The van der Waals surface area contributed by atoms with Crippen LogP contribution in [0.2, 0.25) is 0 Å². The van der Waals surface area contributed by atoms with Gasteiger partial charge >= 0.3 is 12.1 Å². The van der Waals surface area contributed by atoms with Gasteiger partial charge in [-0.3, -0.25) is 9.10 Å². The van der Waals surface area contributed by atoms with E-state index in [-0.39, 0.29) is 47.9 Å². The lowest BCUT2D eigenvalue weighted by Crippen LogP contribution is -2.50. The lowest BCUT2D eigenvalue weighted by atomic mass is 9.72. The highest BCUT2D eigenvalue weighted by molar-refractivity contribution is 7.92. The molecule has 0 radical (unpaired) electrons. The van der Waals surface area contributed by atoms with Gasteiger partial charge < -0.3 is 9.84 Å². The van der Waals surface area contributed by atoms with Crippen LogP contribution >= 0.6 is 0 Å². The van der Waals surface area contributed by atoms with E-state index in [1.165, 1.54) is 18.2 Å². The van der Waals surface area contributed by atoms with Gasteiger partial charge in [-0.1, -0.05) is 12.1 Å². The number of anilines is 1. The molecule has 0 amide bonds. The SMILES string of the molecule is O=C(O)C1CC(C2CN(S(=O)(=O)c3cccc(C(F)(F)F)c3)c3cc(-c4cc(F)ccc4F)ccc3O2)C1. The van der Waals surface area contributed by atoms with E-state index in [1.807, 2.05) is 0 Å². The molecule has 200 valence electrons. The Hall–Kier alpha value is -3.67. The molecule has 3 aromatic carbocycles. The van der Waals surface area contributed by atoms with Crippen molar-refractivity contribution in [3.63, 3.8) is 0 Å². The van der Waals surface area contributed by atoms with Crippen molar-refractivity contribution in [1.82, 2.24) is 0 Å². The molecule has 0 spiro atoms. The number of hydrogen-bond donors (Lipinski definition) is 1. The van der Waals surface area contributed by atoms with Crippen molar-refractivity contribution in [2.75, 3.05) is 10.8 Å². The van der Waals surface area contributed by atoms with Gasteiger partial charge in [-0.25, -0.2) is 17.2 Å². The molecule has 38 heavy (non-hydrogen) atoms. The molecule has 1 fully saturated rings. The average Bonchev–Trinajstić information content (AvgIpc) is 2.83. The van der Waals surface area contributed by atoms with Crippen LogP contribution in [-0.4, -0.2) is 32.1 Å². The lowest BCUT2D eigenvalue weighted by molar-refractivity contribution is -0.147. The van der Waals surface area contributed by atoms with Crippen molar-refractivity contribution in [3.05, 3.63) is 77.9 Å². The van der Waals surface area contributed by atoms with Crippen LogP contribution in [-0.2, 0) is 21.0 Å². The maximum absolute atomic E-state index is 14.5. The summed E-state index contributed by atoms with van der Waals surface area (Å²) in [6.07, 6.45) is -5.05. The quantitative estimate of drug-likeness (QED) is 0.409. The van der Waals surface area contributed by atoms with Gasteiger partial charge in [0.2, 0.25) is 0 Å². The number of nitrogens with zero attached hydrogens (tertiary/aromatic N) is 1. The van der Waals surface area contributed by atoms with Gasteiger partial charge in [0, 0.05) is 5.56 Å². The minimum Gasteiger partial charge on any atom is -0.486 e. The Morgan fingerprint density at radius 3 is 2.42 bits per heavy atom. The van der Waals surface area contributed by atoms with Crippen molar-refractivity contribution in [2.45, 2.75) is 30.0 Å². The van der Waals surface area contributed by atoms with Crippen LogP contribution in [0.3, 0.4) is 0 Å². The summed E-state index contributed by atoms with van der Waals surface area (Å²) in [5.41, 5.74) is -1.23. The fourth-order valence-electron chi connectivity index (χ4n) is 4.76. The Morgan fingerprint density at radius 2 is 1.74 bits per heavy atom. The van der Waals surface area contributed by atoms with E-state index < -0.39 is 56.3 Å². The largest absolute Gasteiger partial charge is 0.486 e. The van der Waals surface area contributed by atoms with Crippen molar-refractivity contribution in [2.24, 2.45) is 11.8 Å². The fourth-order valence-corrected chi connectivity index (χ4v) is 6.29. The highest BCUT2D eigenvalue weighted by Crippen LogP contribution is 2.45. The number of aliphatic carboxylic acids is 1. The standard InChI is InChI=1S/C26H20F5NO5S/c27-18-5-6-21(28)20(12-18)14-4-7-23-22(10-14)32(13-24(37-23)15-8-16(9-15)25(33)34)38(35,36)19-3-1-2-17(11-19)26(29,30)31/h1-7,10-12,15-16,24H,8-9,13H2,(H,33,34). The zero-order valence-corrected chi connectivity index (χ0v) is 20.3. The summed E-state index contributed by atoms with van der Waals surface area (Å²) in [7, 11) is -4.59. The van der Waals surface area contributed by atoms with Gasteiger partial charge in [0.1, 0.15) is 23.5 Å². The summed E-state index contributed by atoms with van der Waals surface area (Å²) < 4.78 is 103. The number of hydrogen-bond acceptors (Lipinski definition) is 4. The molecular weight excluding hydrogens is 533 g/mol. The van der Waals surface area contributed by atoms with Gasteiger partial charge in [0.25, 0.3) is 10.0 Å². The summed E-state index contributed by atoms with van der Waals surface area (Å²) in [5.74, 6) is -3.30. The van der Waals surface area contributed by atoms with E-state index in [2.05, 4.69) is 0 Å². The number of sulfonamides is 1. The van der Waals surface area contributed by atoms with E-state index in [1.54, 1.807) is 0 Å². The van der Waals surface area contributed by atoms with E-state index in [0.29, 0.717) is 6.07 Å². The number of rotatable bonds is 5. The van der Waals surface area contributed by atoms with Crippen molar-refractivity contribution in [1.29, 1.82) is 0 Å². The second-order valence-electron chi connectivity index (χ2n) is 9.29. The third-order valence-electron chi connectivity index (χ3n) is 6.89.